The van der Waals surface area contributed by atoms with E-state index in [1.165, 1.54) is 0 Å². The minimum Gasteiger partial charge on any atom is -0.497 e. The summed E-state index contributed by atoms with van der Waals surface area (Å²) in [5.41, 5.74) is 2.83. The summed E-state index contributed by atoms with van der Waals surface area (Å²) in [7, 11) is 3.22. The fourth-order valence-electron chi connectivity index (χ4n) is 2.46. The van der Waals surface area contributed by atoms with Crippen LogP contribution in [0, 0.1) is 0 Å². The van der Waals surface area contributed by atoms with Crippen LogP contribution in [-0.2, 0) is 6.54 Å². The van der Waals surface area contributed by atoms with Crippen molar-refractivity contribution in [1.29, 1.82) is 0 Å². The second-order valence-electron chi connectivity index (χ2n) is 5.55. The predicted molar refractivity (Wildman–Crippen MR) is 107 cm³/mol. The van der Waals surface area contributed by atoms with Gasteiger partial charge in [0.05, 0.1) is 26.5 Å². The molecule has 0 aliphatic heterocycles. The van der Waals surface area contributed by atoms with E-state index in [1.54, 1.807) is 26.5 Å². The van der Waals surface area contributed by atoms with Crippen LogP contribution in [0.4, 0.5) is 11.4 Å². The number of anilines is 2. The average molecular weight is 368 g/mol. The maximum Gasteiger partial charge on any atom is 0.175 e. The fourth-order valence-corrected chi connectivity index (χ4v) is 2.69. The van der Waals surface area contributed by atoms with E-state index in [0.717, 1.165) is 29.2 Å². The lowest BCUT2D eigenvalue weighted by molar-refractivity contribution is 0.395. The largest absolute Gasteiger partial charge is 0.497 e. The molecule has 2 N–H and O–H groups in total. The molecule has 0 unspecified atom stereocenters. The zero-order chi connectivity index (χ0) is 18.4. The average Bonchev–Trinajstić information content (AvgIpc) is 3.16. The molecule has 134 valence electrons. The number of rotatable bonds is 6. The van der Waals surface area contributed by atoms with Crippen LogP contribution in [0.2, 0.25) is 0 Å². The molecule has 0 aliphatic rings. The first-order valence-corrected chi connectivity index (χ1v) is 8.45. The lowest BCUT2D eigenvalue weighted by atomic mass is 10.2. The van der Waals surface area contributed by atoms with Crippen LogP contribution in [0.15, 0.2) is 60.9 Å². The molecule has 1 aromatic heterocycles. The summed E-state index contributed by atoms with van der Waals surface area (Å²) in [5, 5.41) is 11.0. The number of aromatic nitrogens is 2. The van der Waals surface area contributed by atoms with E-state index in [-0.39, 0.29) is 0 Å². The van der Waals surface area contributed by atoms with Gasteiger partial charge in [-0.25, -0.2) is 0 Å². The Morgan fingerprint density at radius 3 is 2.54 bits per heavy atom. The zero-order valence-corrected chi connectivity index (χ0v) is 15.4. The van der Waals surface area contributed by atoms with Gasteiger partial charge in [-0.15, -0.1) is 0 Å². The van der Waals surface area contributed by atoms with Crippen LogP contribution in [0.25, 0.3) is 0 Å². The van der Waals surface area contributed by atoms with Crippen molar-refractivity contribution < 1.29 is 9.47 Å². The molecule has 6 nitrogen and oxygen atoms in total. The number of hydrogen-bond donors (Lipinski definition) is 2. The third-order valence-corrected chi connectivity index (χ3v) is 3.98. The molecule has 0 amide bonds. The minimum atomic E-state index is 0.480. The summed E-state index contributed by atoms with van der Waals surface area (Å²) in [4.78, 5) is 0. The van der Waals surface area contributed by atoms with Gasteiger partial charge in [-0.05, 0) is 48.1 Å². The highest BCUT2D eigenvalue weighted by Gasteiger charge is 2.07. The van der Waals surface area contributed by atoms with Gasteiger partial charge in [-0.1, -0.05) is 12.1 Å². The van der Waals surface area contributed by atoms with Crippen molar-refractivity contribution in [2.24, 2.45) is 0 Å². The fraction of sp³-hybridized carbons (Fsp3) is 0.158. The predicted octanol–water partition coefficient (Wildman–Crippen LogP) is 3.76. The second kappa shape index (κ2) is 8.35. The van der Waals surface area contributed by atoms with Crippen LogP contribution in [-0.4, -0.2) is 29.1 Å². The maximum atomic E-state index is 5.39. The highest BCUT2D eigenvalue weighted by Crippen LogP contribution is 2.29. The maximum absolute atomic E-state index is 5.39. The van der Waals surface area contributed by atoms with Crippen molar-refractivity contribution in [2.75, 3.05) is 24.9 Å². The molecule has 2 aromatic carbocycles. The smallest absolute Gasteiger partial charge is 0.175 e. The van der Waals surface area contributed by atoms with E-state index in [0.29, 0.717) is 10.9 Å². The molecule has 0 spiro atoms. The highest BCUT2D eigenvalue weighted by molar-refractivity contribution is 7.80. The molecule has 7 heteroatoms. The topological polar surface area (TPSA) is 60.3 Å². The number of thiocarbonyl (C=S) groups is 1. The molecule has 0 aliphatic carbocycles. The van der Waals surface area contributed by atoms with Crippen LogP contribution in [0.5, 0.6) is 11.5 Å². The Balaban J connectivity index is 1.61. The third kappa shape index (κ3) is 4.52. The van der Waals surface area contributed by atoms with Crippen LogP contribution >= 0.6 is 12.2 Å². The lowest BCUT2D eigenvalue weighted by Gasteiger charge is -2.14. The summed E-state index contributed by atoms with van der Waals surface area (Å²) < 4.78 is 12.4. The van der Waals surface area contributed by atoms with Crippen molar-refractivity contribution in [1.82, 2.24) is 9.78 Å². The van der Waals surface area contributed by atoms with Crippen molar-refractivity contribution >= 4 is 28.7 Å². The third-order valence-electron chi connectivity index (χ3n) is 3.77. The number of nitrogens with zero attached hydrogens (tertiary/aromatic N) is 2. The van der Waals surface area contributed by atoms with E-state index in [2.05, 4.69) is 15.7 Å². The number of benzene rings is 2. The molecule has 0 atom stereocenters. The van der Waals surface area contributed by atoms with E-state index >= 15 is 0 Å². The molecule has 0 saturated carbocycles. The van der Waals surface area contributed by atoms with Gasteiger partial charge < -0.3 is 20.1 Å². The van der Waals surface area contributed by atoms with Crippen molar-refractivity contribution in [3.63, 3.8) is 0 Å². The Hall–Kier alpha value is -3.06. The summed E-state index contributed by atoms with van der Waals surface area (Å²) >= 11 is 5.39. The first-order chi connectivity index (χ1) is 12.7. The SMILES string of the molecule is COc1ccc(NC(=S)Nc2ccc(Cn3cccn3)cc2)c(OC)c1. The van der Waals surface area contributed by atoms with Gasteiger partial charge >= 0.3 is 0 Å². The Morgan fingerprint density at radius 1 is 1.08 bits per heavy atom. The van der Waals surface area contributed by atoms with Crippen LogP contribution in [0.1, 0.15) is 5.56 Å². The number of hydrogen-bond acceptors (Lipinski definition) is 4. The molecule has 3 aromatic rings. The minimum absolute atomic E-state index is 0.480. The molecule has 1 heterocycles. The number of methoxy groups -OCH3 is 2. The summed E-state index contributed by atoms with van der Waals surface area (Å²) in [6, 6.07) is 15.5. The molecule has 0 radical (unpaired) electrons. The standard InChI is InChI=1S/C19H20N4O2S/c1-24-16-8-9-17(18(12-16)25-2)22-19(26)21-15-6-4-14(5-7-15)13-23-11-3-10-20-23/h3-12H,13H2,1-2H3,(H2,21,22,26). The van der Waals surface area contributed by atoms with E-state index in [9.17, 15) is 0 Å². The van der Waals surface area contributed by atoms with Gasteiger partial charge in [-0.2, -0.15) is 5.10 Å². The normalized spacial score (nSPS) is 10.2. The van der Waals surface area contributed by atoms with Gasteiger partial charge in [0.2, 0.25) is 0 Å². The summed E-state index contributed by atoms with van der Waals surface area (Å²) in [6.45, 7) is 0.735. The lowest BCUT2D eigenvalue weighted by Crippen LogP contribution is -2.19. The molecule has 26 heavy (non-hydrogen) atoms. The van der Waals surface area contributed by atoms with E-state index in [4.69, 9.17) is 21.7 Å². The first-order valence-electron chi connectivity index (χ1n) is 8.04. The molecule has 0 saturated heterocycles. The van der Waals surface area contributed by atoms with Crippen LogP contribution in [0.3, 0.4) is 0 Å². The van der Waals surface area contributed by atoms with Crippen LogP contribution < -0.4 is 20.1 Å². The summed E-state index contributed by atoms with van der Waals surface area (Å²) in [5.74, 6) is 1.38. The van der Waals surface area contributed by atoms with E-state index in [1.807, 2.05) is 53.3 Å². The second-order valence-corrected chi connectivity index (χ2v) is 5.95. The van der Waals surface area contributed by atoms with E-state index < -0.39 is 0 Å². The summed E-state index contributed by atoms with van der Waals surface area (Å²) in [6.07, 6.45) is 3.71. The monoisotopic (exact) mass is 368 g/mol. The van der Waals surface area contributed by atoms with Crippen molar-refractivity contribution in [3.8, 4) is 11.5 Å². The Labute approximate surface area is 157 Å². The van der Waals surface area contributed by atoms with Gasteiger partial charge in [0.15, 0.2) is 5.11 Å². The molecule has 3 rings (SSSR count). The first kappa shape index (κ1) is 17.8. The molecule has 0 fully saturated rings. The quantitative estimate of drug-likeness (QED) is 0.646. The van der Waals surface area contributed by atoms with Crippen molar-refractivity contribution in [2.45, 2.75) is 6.54 Å². The van der Waals surface area contributed by atoms with Gasteiger partial charge in [0.25, 0.3) is 0 Å². The highest BCUT2D eigenvalue weighted by atomic mass is 32.1. The number of ether oxygens (including phenoxy) is 2. The molecular formula is C19H20N4O2S. The Morgan fingerprint density at radius 2 is 1.88 bits per heavy atom. The van der Waals surface area contributed by atoms with Crippen molar-refractivity contribution in [3.05, 3.63) is 66.5 Å². The molecule has 0 bridgehead atoms. The van der Waals surface area contributed by atoms with Gasteiger partial charge in [0, 0.05) is 24.1 Å². The van der Waals surface area contributed by atoms with Gasteiger partial charge in [0.1, 0.15) is 11.5 Å². The van der Waals surface area contributed by atoms with Gasteiger partial charge in [-0.3, -0.25) is 4.68 Å². The Kier molecular flexibility index (Phi) is 5.70. The zero-order valence-electron chi connectivity index (χ0n) is 14.6. The molecular weight excluding hydrogens is 348 g/mol. The number of nitrogens with one attached hydrogen (secondary N) is 2. The Bertz CT molecular complexity index is 864.